The number of pyridine rings is 5. The van der Waals surface area contributed by atoms with E-state index in [1.165, 1.54) is 0 Å². The highest BCUT2D eigenvalue weighted by Gasteiger charge is 2.10. The molecule has 0 bridgehead atoms. The van der Waals surface area contributed by atoms with Crippen LogP contribution in [-0.4, -0.2) is 24.9 Å². The maximum atomic E-state index is 5.06. The molecule has 0 aliphatic rings. The van der Waals surface area contributed by atoms with Gasteiger partial charge < -0.3 is 0 Å². The van der Waals surface area contributed by atoms with Crippen molar-refractivity contribution < 1.29 is 0 Å². The lowest BCUT2D eigenvalue weighted by Gasteiger charge is -2.09. The van der Waals surface area contributed by atoms with Crippen LogP contribution in [0.3, 0.4) is 0 Å². The van der Waals surface area contributed by atoms with E-state index in [2.05, 4.69) is 137 Å². The molecule has 10 rings (SSSR count). The van der Waals surface area contributed by atoms with Crippen molar-refractivity contribution >= 4 is 54.4 Å². The third-order valence-electron chi connectivity index (χ3n) is 9.53. The minimum atomic E-state index is 0.923. The summed E-state index contributed by atoms with van der Waals surface area (Å²) in [5.41, 5.74) is 12.1. The third kappa shape index (κ3) is 4.92. The predicted molar refractivity (Wildman–Crippen MR) is 205 cm³/mol. The Morgan fingerprint density at radius 2 is 0.820 bits per heavy atom. The molecule has 0 aliphatic carbocycles. The highest BCUT2D eigenvalue weighted by molar-refractivity contribution is 6.03. The van der Waals surface area contributed by atoms with E-state index in [9.17, 15) is 0 Å². The van der Waals surface area contributed by atoms with Gasteiger partial charge in [0.05, 0.1) is 39.1 Å². The van der Waals surface area contributed by atoms with E-state index >= 15 is 0 Å². The average molecular weight is 638 g/mol. The molecule has 0 unspecified atom stereocenters. The second-order valence-corrected chi connectivity index (χ2v) is 12.6. The van der Waals surface area contributed by atoms with Gasteiger partial charge in [0.1, 0.15) is 0 Å². The largest absolute Gasteiger partial charge is 0.264 e. The van der Waals surface area contributed by atoms with Crippen molar-refractivity contribution in [3.63, 3.8) is 0 Å². The fraction of sp³-hybridized carbons (Fsp3) is 0. The second kappa shape index (κ2) is 11.4. The maximum absolute atomic E-state index is 5.06. The summed E-state index contributed by atoms with van der Waals surface area (Å²) in [6, 6.07) is 50.9. The molecule has 0 aliphatic heterocycles. The van der Waals surface area contributed by atoms with Crippen molar-refractivity contribution in [3.8, 4) is 44.9 Å². The van der Waals surface area contributed by atoms with Crippen LogP contribution in [0, 0.1) is 0 Å². The smallest absolute Gasteiger partial charge is 0.0972 e. The minimum absolute atomic E-state index is 0.923. The molecule has 0 N–H and O–H groups in total. The van der Waals surface area contributed by atoms with E-state index in [-0.39, 0.29) is 0 Å². The number of hydrogen-bond acceptors (Lipinski definition) is 5. The van der Waals surface area contributed by atoms with Crippen LogP contribution in [0.25, 0.3) is 99.3 Å². The Labute approximate surface area is 287 Å². The highest BCUT2D eigenvalue weighted by Crippen LogP contribution is 2.32. The molecule has 0 saturated heterocycles. The summed E-state index contributed by atoms with van der Waals surface area (Å²) >= 11 is 0. The zero-order valence-electron chi connectivity index (χ0n) is 26.8. The van der Waals surface area contributed by atoms with Crippen LogP contribution in [-0.2, 0) is 0 Å². The average Bonchev–Trinajstić information content (AvgIpc) is 3.19. The Hall–Kier alpha value is -6.85. The van der Waals surface area contributed by atoms with Crippen LogP contribution in [0.1, 0.15) is 0 Å². The summed E-state index contributed by atoms with van der Waals surface area (Å²) in [6.45, 7) is 0. The van der Waals surface area contributed by atoms with Crippen LogP contribution in [0.4, 0.5) is 0 Å². The van der Waals surface area contributed by atoms with Crippen molar-refractivity contribution in [2.75, 3.05) is 0 Å². The van der Waals surface area contributed by atoms with Gasteiger partial charge in [0, 0.05) is 56.8 Å². The van der Waals surface area contributed by atoms with E-state index < -0.39 is 0 Å². The van der Waals surface area contributed by atoms with Gasteiger partial charge >= 0.3 is 0 Å². The lowest BCUT2D eigenvalue weighted by Crippen LogP contribution is -1.89. The first-order chi connectivity index (χ1) is 24.7. The van der Waals surface area contributed by atoms with Gasteiger partial charge in [-0.25, -0.2) is 15.0 Å². The van der Waals surface area contributed by atoms with Gasteiger partial charge in [0.2, 0.25) is 0 Å². The summed E-state index contributed by atoms with van der Waals surface area (Å²) in [4.78, 5) is 23.8. The molecule has 5 heterocycles. The summed E-state index contributed by atoms with van der Waals surface area (Å²) in [6.07, 6.45) is 5.45. The van der Waals surface area contributed by atoms with E-state index in [0.717, 1.165) is 99.3 Å². The Balaban J connectivity index is 0.937. The summed E-state index contributed by atoms with van der Waals surface area (Å²) in [7, 11) is 0. The Morgan fingerprint density at radius 3 is 1.46 bits per heavy atom. The fourth-order valence-corrected chi connectivity index (χ4v) is 6.89. The quantitative estimate of drug-likeness (QED) is 0.180. The van der Waals surface area contributed by atoms with Gasteiger partial charge in [-0.1, -0.05) is 72.8 Å². The number of nitrogens with zero attached hydrogens (tertiary/aromatic N) is 5. The van der Waals surface area contributed by atoms with Gasteiger partial charge in [-0.2, -0.15) is 0 Å². The molecule has 5 aromatic carbocycles. The monoisotopic (exact) mass is 637 g/mol. The number of aromatic nitrogens is 5. The van der Waals surface area contributed by atoms with E-state index in [1.54, 1.807) is 6.20 Å². The second-order valence-electron chi connectivity index (χ2n) is 12.6. The standard InChI is InChI=1S/C45H27N5/c1-4-38(27-46-21-1)43-20-15-37-26-33(13-18-40(37)49-43)32-12-17-39-36(25-32)14-19-41(48-39)34-9-7-31-24-35(10-8-30(31)23-34)42-16-11-29-6-5-28-3-2-22-47-44(28)45(29)50-42/h1-27H. The molecule has 50 heavy (non-hydrogen) atoms. The van der Waals surface area contributed by atoms with Gasteiger partial charge in [0.15, 0.2) is 0 Å². The summed E-state index contributed by atoms with van der Waals surface area (Å²) < 4.78 is 0. The van der Waals surface area contributed by atoms with Gasteiger partial charge in [-0.15, -0.1) is 0 Å². The molecule has 0 saturated carbocycles. The first kappa shape index (κ1) is 28.2. The van der Waals surface area contributed by atoms with Crippen LogP contribution >= 0.6 is 0 Å². The van der Waals surface area contributed by atoms with Crippen LogP contribution in [0.5, 0.6) is 0 Å². The van der Waals surface area contributed by atoms with E-state index in [4.69, 9.17) is 15.0 Å². The molecule has 232 valence electrons. The van der Waals surface area contributed by atoms with Crippen LogP contribution in [0.2, 0.25) is 0 Å². The molecule has 5 heteroatoms. The Kier molecular flexibility index (Phi) is 6.42. The highest BCUT2D eigenvalue weighted by atomic mass is 14.8. The van der Waals surface area contributed by atoms with Crippen molar-refractivity contribution in [1.82, 2.24) is 24.9 Å². The lowest BCUT2D eigenvalue weighted by atomic mass is 9.99. The fourth-order valence-electron chi connectivity index (χ4n) is 6.89. The van der Waals surface area contributed by atoms with Crippen molar-refractivity contribution in [3.05, 3.63) is 164 Å². The normalized spacial score (nSPS) is 11.6. The van der Waals surface area contributed by atoms with E-state index in [1.807, 2.05) is 30.6 Å². The zero-order valence-corrected chi connectivity index (χ0v) is 26.8. The predicted octanol–water partition coefficient (Wildman–Crippen LogP) is 11.1. The van der Waals surface area contributed by atoms with Crippen LogP contribution < -0.4 is 0 Å². The van der Waals surface area contributed by atoms with Gasteiger partial charge in [-0.05, 0) is 94.7 Å². The molecule has 5 nitrogen and oxygen atoms in total. The Bertz CT molecular complexity index is 2940. The molecule has 5 aromatic heterocycles. The Morgan fingerprint density at radius 1 is 0.320 bits per heavy atom. The molecule has 0 radical (unpaired) electrons. The molecule has 10 aromatic rings. The SMILES string of the molecule is c1cncc(-c2ccc3cc(-c4ccc5nc(-c6ccc7cc(-c8ccc9ccc%10cccnc%10c9n8)ccc7c6)ccc5c4)ccc3n2)c1. The van der Waals surface area contributed by atoms with Crippen molar-refractivity contribution in [1.29, 1.82) is 0 Å². The topological polar surface area (TPSA) is 64.5 Å². The maximum Gasteiger partial charge on any atom is 0.0972 e. The molecular weight excluding hydrogens is 611 g/mol. The van der Waals surface area contributed by atoms with Crippen LogP contribution in [0.15, 0.2) is 164 Å². The van der Waals surface area contributed by atoms with Gasteiger partial charge in [0.25, 0.3) is 0 Å². The third-order valence-corrected chi connectivity index (χ3v) is 9.53. The van der Waals surface area contributed by atoms with E-state index in [0.29, 0.717) is 0 Å². The van der Waals surface area contributed by atoms with Gasteiger partial charge in [-0.3, -0.25) is 9.97 Å². The molecule has 0 amide bonds. The number of hydrogen-bond donors (Lipinski definition) is 0. The number of benzene rings is 5. The molecule has 0 spiro atoms. The van der Waals surface area contributed by atoms with Crippen molar-refractivity contribution in [2.45, 2.75) is 0 Å². The number of fused-ring (bicyclic) bond motifs is 6. The molecule has 0 atom stereocenters. The lowest BCUT2D eigenvalue weighted by molar-refractivity contribution is 1.30. The van der Waals surface area contributed by atoms with Crippen molar-refractivity contribution in [2.24, 2.45) is 0 Å². The minimum Gasteiger partial charge on any atom is -0.264 e. The summed E-state index contributed by atoms with van der Waals surface area (Å²) in [5, 5.41) is 6.71. The molecular formula is C45H27N5. The molecule has 0 fully saturated rings. The first-order valence-electron chi connectivity index (χ1n) is 16.6. The first-order valence-corrected chi connectivity index (χ1v) is 16.6. The number of rotatable bonds is 4. The summed E-state index contributed by atoms with van der Waals surface area (Å²) in [5.74, 6) is 0. The zero-order chi connectivity index (χ0) is 33.0.